The second-order valence-corrected chi connectivity index (χ2v) is 3.60. The van der Waals surface area contributed by atoms with Crippen LogP contribution in [0.1, 0.15) is 31.7 Å². The molecule has 0 atom stereocenters. The third-order valence-electron chi connectivity index (χ3n) is 2.28. The molecule has 84 valence electrons. The average molecular weight is 208 g/mol. The summed E-state index contributed by atoms with van der Waals surface area (Å²) >= 11 is 0. The standard InChI is InChI=1S/C13H20O2/c1-3-4-7-10-15-13-9-6-5-8-12(13)11-14-2/h5-6,8-9H,3-4,7,10-11H2,1-2H3. The summed E-state index contributed by atoms with van der Waals surface area (Å²) in [6.07, 6.45) is 3.58. The van der Waals surface area contributed by atoms with E-state index in [4.69, 9.17) is 9.47 Å². The third-order valence-corrected chi connectivity index (χ3v) is 2.28. The minimum Gasteiger partial charge on any atom is -0.493 e. The summed E-state index contributed by atoms with van der Waals surface area (Å²) in [4.78, 5) is 0. The van der Waals surface area contributed by atoms with E-state index in [-0.39, 0.29) is 0 Å². The van der Waals surface area contributed by atoms with Gasteiger partial charge in [0.1, 0.15) is 5.75 Å². The topological polar surface area (TPSA) is 18.5 Å². The smallest absolute Gasteiger partial charge is 0.124 e. The van der Waals surface area contributed by atoms with Gasteiger partial charge in [-0.15, -0.1) is 0 Å². The van der Waals surface area contributed by atoms with E-state index < -0.39 is 0 Å². The highest BCUT2D eigenvalue weighted by atomic mass is 16.5. The molecule has 0 spiro atoms. The molecule has 0 fully saturated rings. The van der Waals surface area contributed by atoms with Gasteiger partial charge in [0.2, 0.25) is 0 Å². The molecule has 0 amide bonds. The van der Waals surface area contributed by atoms with Crippen LogP contribution in [0.25, 0.3) is 0 Å². The van der Waals surface area contributed by atoms with E-state index in [9.17, 15) is 0 Å². The predicted octanol–water partition coefficient (Wildman–Crippen LogP) is 3.40. The van der Waals surface area contributed by atoms with Crippen molar-refractivity contribution in [2.45, 2.75) is 32.8 Å². The molecule has 0 aliphatic rings. The van der Waals surface area contributed by atoms with Crippen LogP contribution in [-0.2, 0) is 11.3 Å². The Bertz CT molecular complexity index is 271. The van der Waals surface area contributed by atoms with Gasteiger partial charge < -0.3 is 9.47 Å². The van der Waals surface area contributed by atoms with E-state index in [2.05, 4.69) is 6.92 Å². The van der Waals surface area contributed by atoms with Crippen molar-refractivity contribution in [3.63, 3.8) is 0 Å². The fraction of sp³-hybridized carbons (Fsp3) is 0.538. The second kappa shape index (κ2) is 7.30. The first-order valence-corrected chi connectivity index (χ1v) is 5.58. The van der Waals surface area contributed by atoms with Crippen LogP contribution in [0, 0.1) is 0 Å². The van der Waals surface area contributed by atoms with Crippen molar-refractivity contribution in [1.82, 2.24) is 0 Å². The fourth-order valence-electron chi connectivity index (χ4n) is 1.45. The molecule has 2 nitrogen and oxygen atoms in total. The van der Waals surface area contributed by atoms with E-state index in [1.54, 1.807) is 7.11 Å². The number of benzene rings is 1. The summed E-state index contributed by atoms with van der Waals surface area (Å²) in [6.45, 7) is 3.61. The monoisotopic (exact) mass is 208 g/mol. The van der Waals surface area contributed by atoms with Crippen molar-refractivity contribution in [2.24, 2.45) is 0 Å². The summed E-state index contributed by atoms with van der Waals surface area (Å²) in [7, 11) is 1.70. The summed E-state index contributed by atoms with van der Waals surface area (Å²) in [5, 5.41) is 0. The fourth-order valence-corrected chi connectivity index (χ4v) is 1.45. The summed E-state index contributed by atoms with van der Waals surface area (Å²) in [5.74, 6) is 0.954. The zero-order chi connectivity index (χ0) is 10.9. The van der Waals surface area contributed by atoms with Crippen molar-refractivity contribution < 1.29 is 9.47 Å². The lowest BCUT2D eigenvalue weighted by Gasteiger charge is -2.10. The Morgan fingerprint density at radius 3 is 2.67 bits per heavy atom. The Labute approximate surface area is 92.2 Å². The molecular formula is C13H20O2. The van der Waals surface area contributed by atoms with Gasteiger partial charge in [-0.25, -0.2) is 0 Å². The van der Waals surface area contributed by atoms with Gasteiger partial charge in [-0.05, 0) is 12.5 Å². The number of unbranched alkanes of at least 4 members (excludes halogenated alkanes) is 2. The molecule has 1 rings (SSSR count). The van der Waals surface area contributed by atoms with Crippen LogP contribution in [0.15, 0.2) is 24.3 Å². The van der Waals surface area contributed by atoms with Gasteiger partial charge in [0.05, 0.1) is 13.2 Å². The van der Waals surface area contributed by atoms with Gasteiger partial charge in [0, 0.05) is 12.7 Å². The number of para-hydroxylation sites is 1. The summed E-state index contributed by atoms with van der Waals surface area (Å²) < 4.78 is 10.8. The van der Waals surface area contributed by atoms with Gasteiger partial charge in [0.15, 0.2) is 0 Å². The molecule has 0 heterocycles. The van der Waals surface area contributed by atoms with Gasteiger partial charge in [-0.3, -0.25) is 0 Å². The lowest BCUT2D eigenvalue weighted by atomic mass is 10.2. The van der Waals surface area contributed by atoms with Crippen molar-refractivity contribution in [1.29, 1.82) is 0 Å². The number of rotatable bonds is 7. The van der Waals surface area contributed by atoms with E-state index >= 15 is 0 Å². The average Bonchev–Trinajstić information content (AvgIpc) is 2.27. The van der Waals surface area contributed by atoms with Crippen LogP contribution in [0.2, 0.25) is 0 Å². The lowest BCUT2D eigenvalue weighted by Crippen LogP contribution is -2.00. The van der Waals surface area contributed by atoms with Crippen molar-refractivity contribution in [2.75, 3.05) is 13.7 Å². The SMILES string of the molecule is CCCCCOc1ccccc1COC. The van der Waals surface area contributed by atoms with Crippen LogP contribution in [0.4, 0.5) is 0 Å². The van der Waals surface area contributed by atoms with Crippen molar-refractivity contribution in [3.05, 3.63) is 29.8 Å². The molecular weight excluding hydrogens is 188 g/mol. The molecule has 15 heavy (non-hydrogen) atoms. The van der Waals surface area contributed by atoms with E-state index in [1.807, 2.05) is 24.3 Å². The van der Waals surface area contributed by atoms with E-state index in [1.165, 1.54) is 12.8 Å². The Morgan fingerprint density at radius 2 is 1.93 bits per heavy atom. The first-order valence-electron chi connectivity index (χ1n) is 5.58. The highest BCUT2D eigenvalue weighted by Gasteiger charge is 2.01. The molecule has 0 aliphatic carbocycles. The highest BCUT2D eigenvalue weighted by Crippen LogP contribution is 2.18. The molecule has 1 aromatic rings. The Morgan fingerprint density at radius 1 is 1.13 bits per heavy atom. The van der Waals surface area contributed by atoms with Crippen molar-refractivity contribution in [3.8, 4) is 5.75 Å². The Hall–Kier alpha value is -1.02. The van der Waals surface area contributed by atoms with Gasteiger partial charge >= 0.3 is 0 Å². The Kier molecular flexibility index (Phi) is 5.86. The van der Waals surface area contributed by atoms with Gasteiger partial charge in [-0.2, -0.15) is 0 Å². The lowest BCUT2D eigenvalue weighted by molar-refractivity contribution is 0.179. The highest BCUT2D eigenvalue weighted by molar-refractivity contribution is 5.32. The maximum atomic E-state index is 5.71. The molecule has 2 heteroatoms. The number of ether oxygens (including phenoxy) is 2. The molecule has 0 aliphatic heterocycles. The molecule has 0 unspecified atom stereocenters. The molecule has 1 aromatic carbocycles. The zero-order valence-corrected chi connectivity index (χ0v) is 9.66. The molecule has 0 saturated carbocycles. The quantitative estimate of drug-likeness (QED) is 0.639. The largest absolute Gasteiger partial charge is 0.493 e. The Balaban J connectivity index is 2.44. The minimum absolute atomic E-state index is 0.615. The molecule has 0 N–H and O–H groups in total. The molecule has 0 radical (unpaired) electrons. The summed E-state index contributed by atoms with van der Waals surface area (Å²) in [5.41, 5.74) is 1.12. The number of hydrogen-bond acceptors (Lipinski definition) is 2. The normalized spacial score (nSPS) is 10.3. The molecule has 0 bridgehead atoms. The van der Waals surface area contributed by atoms with Crippen LogP contribution >= 0.6 is 0 Å². The van der Waals surface area contributed by atoms with E-state index in [0.29, 0.717) is 6.61 Å². The van der Waals surface area contributed by atoms with Crippen LogP contribution in [0.3, 0.4) is 0 Å². The second-order valence-electron chi connectivity index (χ2n) is 3.60. The van der Waals surface area contributed by atoms with Gasteiger partial charge in [-0.1, -0.05) is 38.0 Å². The molecule has 0 saturated heterocycles. The third kappa shape index (κ3) is 4.34. The first-order chi connectivity index (χ1) is 7.38. The predicted molar refractivity (Wildman–Crippen MR) is 62.2 cm³/mol. The van der Waals surface area contributed by atoms with Crippen LogP contribution < -0.4 is 4.74 Å². The summed E-state index contributed by atoms with van der Waals surface area (Å²) in [6, 6.07) is 8.04. The maximum absolute atomic E-state index is 5.71. The minimum atomic E-state index is 0.615. The molecule has 0 aromatic heterocycles. The van der Waals surface area contributed by atoms with Crippen molar-refractivity contribution >= 4 is 0 Å². The van der Waals surface area contributed by atoms with E-state index in [0.717, 1.165) is 24.3 Å². The van der Waals surface area contributed by atoms with Gasteiger partial charge in [0.25, 0.3) is 0 Å². The maximum Gasteiger partial charge on any atom is 0.124 e. The number of hydrogen-bond donors (Lipinski definition) is 0. The van der Waals surface area contributed by atoms with Crippen LogP contribution in [0.5, 0.6) is 5.75 Å². The van der Waals surface area contributed by atoms with Crippen LogP contribution in [-0.4, -0.2) is 13.7 Å². The number of methoxy groups -OCH3 is 1. The first kappa shape index (κ1) is 12.1. The zero-order valence-electron chi connectivity index (χ0n) is 9.66.